The lowest BCUT2D eigenvalue weighted by atomic mass is 9.97. The molecule has 3 atom stereocenters. The van der Waals surface area contributed by atoms with Crippen LogP contribution in [0.2, 0.25) is 0 Å². The summed E-state index contributed by atoms with van der Waals surface area (Å²) >= 11 is 0. The summed E-state index contributed by atoms with van der Waals surface area (Å²) in [5.74, 6) is -0.219. The molecule has 76 valence electrons. The molecule has 0 spiro atoms. The molecule has 1 aliphatic rings. The van der Waals surface area contributed by atoms with Gasteiger partial charge in [0.2, 0.25) is 0 Å². The van der Waals surface area contributed by atoms with Crippen molar-refractivity contribution < 1.29 is 19.7 Å². The molecule has 4 heteroatoms. The molecular formula is C9H16O4. The summed E-state index contributed by atoms with van der Waals surface area (Å²) in [6, 6.07) is 0. The molecule has 2 N–H and O–H groups in total. The first kappa shape index (κ1) is 10.5. The molecule has 13 heavy (non-hydrogen) atoms. The fraction of sp³-hybridized carbons (Fsp3) is 0.889. The predicted octanol–water partition coefficient (Wildman–Crippen LogP) is 0.0714. The van der Waals surface area contributed by atoms with Gasteiger partial charge in [-0.15, -0.1) is 0 Å². The Bertz CT molecular complexity index is 180. The van der Waals surface area contributed by atoms with Crippen molar-refractivity contribution in [1.29, 1.82) is 0 Å². The first-order chi connectivity index (χ1) is 6.13. The van der Waals surface area contributed by atoms with Gasteiger partial charge in [-0.3, -0.25) is 4.79 Å². The Labute approximate surface area is 77.5 Å². The van der Waals surface area contributed by atoms with E-state index in [4.69, 9.17) is 14.9 Å². The molecule has 4 nitrogen and oxygen atoms in total. The number of rotatable bonds is 3. The molecule has 1 heterocycles. The lowest BCUT2D eigenvalue weighted by molar-refractivity contribution is -0.161. The minimum atomic E-state index is -0.772. The van der Waals surface area contributed by atoms with E-state index < -0.39 is 6.10 Å². The number of esters is 1. The summed E-state index contributed by atoms with van der Waals surface area (Å²) in [5.41, 5.74) is 0. The van der Waals surface area contributed by atoms with Gasteiger partial charge in [0.15, 0.2) is 0 Å². The lowest BCUT2D eigenvalue weighted by Crippen LogP contribution is -2.32. The Kier molecular flexibility index (Phi) is 3.69. The molecule has 0 radical (unpaired) electrons. The van der Waals surface area contributed by atoms with E-state index >= 15 is 0 Å². The second-order valence-electron chi connectivity index (χ2n) is 3.61. The van der Waals surface area contributed by atoms with Crippen molar-refractivity contribution in [3.8, 4) is 0 Å². The number of ether oxygens (including phenoxy) is 1. The highest BCUT2D eigenvalue weighted by Crippen LogP contribution is 2.22. The second-order valence-corrected chi connectivity index (χ2v) is 3.61. The van der Waals surface area contributed by atoms with Gasteiger partial charge in [0.05, 0.1) is 18.6 Å². The minimum absolute atomic E-state index is 0.0254. The maximum absolute atomic E-state index is 11.1. The Morgan fingerprint density at radius 1 is 1.62 bits per heavy atom. The van der Waals surface area contributed by atoms with Crippen molar-refractivity contribution in [2.24, 2.45) is 5.92 Å². The zero-order valence-corrected chi connectivity index (χ0v) is 7.77. The van der Waals surface area contributed by atoms with Gasteiger partial charge in [-0.05, 0) is 12.8 Å². The lowest BCUT2D eigenvalue weighted by Gasteiger charge is -2.27. The van der Waals surface area contributed by atoms with Crippen molar-refractivity contribution in [2.75, 3.05) is 6.61 Å². The summed E-state index contributed by atoms with van der Waals surface area (Å²) in [5, 5.41) is 17.7. The summed E-state index contributed by atoms with van der Waals surface area (Å²) in [6.45, 7) is 1.56. The fourth-order valence-electron chi connectivity index (χ4n) is 1.44. The Morgan fingerprint density at radius 3 is 2.85 bits per heavy atom. The smallest absolute Gasteiger partial charge is 0.308 e. The molecule has 1 fully saturated rings. The number of carbonyl (C=O) groups is 1. The number of hydrogen-bond acceptors (Lipinski definition) is 4. The molecule has 0 saturated carbocycles. The van der Waals surface area contributed by atoms with Gasteiger partial charge >= 0.3 is 5.97 Å². The average molecular weight is 188 g/mol. The molecular weight excluding hydrogens is 172 g/mol. The van der Waals surface area contributed by atoms with Crippen LogP contribution in [0.4, 0.5) is 0 Å². The number of hydrogen-bond donors (Lipinski definition) is 2. The molecule has 1 saturated heterocycles. The Morgan fingerprint density at radius 2 is 2.31 bits per heavy atom. The highest BCUT2D eigenvalue weighted by molar-refractivity contribution is 5.72. The largest absolute Gasteiger partial charge is 0.462 e. The molecule has 1 aliphatic heterocycles. The molecule has 0 aliphatic carbocycles. The molecule has 0 aromatic heterocycles. The van der Waals surface area contributed by atoms with Gasteiger partial charge in [-0.25, -0.2) is 0 Å². The predicted molar refractivity (Wildman–Crippen MR) is 46.0 cm³/mol. The van der Waals surface area contributed by atoms with Crippen LogP contribution in [0.25, 0.3) is 0 Å². The van der Waals surface area contributed by atoms with E-state index in [0.717, 1.165) is 12.8 Å². The summed E-state index contributed by atoms with van der Waals surface area (Å²) in [7, 11) is 0. The van der Waals surface area contributed by atoms with Gasteiger partial charge in [0.25, 0.3) is 0 Å². The van der Waals surface area contributed by atoms with Crippen LogP contribution in [0, 0.1) is 5.92 Å². The highest BCUT2D eigenvalue weighted by atomic mass is 16.5. The van der Waals surface area contributed by atoms with Crippen LogP contribution in [-0.4, -0.2) is 35.0 Å². The maximum atomic E-state index is 11.1. The van der Waals surface area contributed by atoms with Gasteiger partial charge in [0.1, 0.15) is 6.10 Å². The van der Waals surface area contributed by atoms with E-state index in [2.05, 4.69) is 0 Å². The first-order valence-corrected chi connectivity index (χ1v) is 4.63. The van der Waals surface area contributed by atoms with Crippen molar-refractivity contribution in [2.45, 2.75) is 38.4 Å². The van der Waals surface area contributed by atoms with E-state index in [-0.39, 0.29) is 24.6 Å². The molecule has 0 aromatic rings. The fourth-order valence-corrected chi connectivity index (χ4v) is 1.44. The third kappa shape index (κ3) is 2.97. The van der Waals surface area contributed by atoms with Gasteiger partial charge in [-0.1, -0.05) is 6.92 Å². The standard InChI is InChI=1S/C9H16O4/c1-6-2-3-8(13-9(6)12)4-7(11)5-10/h6-8,10-11H,2-5H2,1H3. The van der Waals surface area contributed by atoms with Crippen LogP contribution in [0.15, 0.2) is 0 Å². The number of carbonyl (C=O) groups excluding carboxylic acids is 1. The van der Waals surface area contributed by atoms with Gasteiger partial charge < -0.3 is 14.9 Å². The van der Waals surface area contributed by atoms with E-state index in [1.807, 2.05) is 6.92 Å². The van der Waals surface area contributed by atoms with Crippen LogP contribution in [0.5, 0.6) is 0 Å². The van der Waals surface area contributed by atoms with Crippen LogP contribution in [0.1, 0.15) is 26.2 Å². The van der Waals surface area contributed by atoms with Crippen molar-refractivity contribution >= 4 is 5.97 Å². The zero-order valence-electron chi connectivity index (χ0n) is 7.77. The van der Waals surface area contributed by atoms with Crippen molar-refractivity contribution in [3.63, 3.8) is 0 Å². The van der Waals surface area contributed by atoms with E-state index in [1.165, 1.54) is 0 Å². The molecule has 0 aromatic carbocycles. The summed E-state index contributed by atoms with van der Waals surface area (Å²) in [4.78, 5) is 11.1. The monoisotopic (exact) mass is 188 g/mol. The van der Waals surface area contributed by atoms with Gasteiger partial charge in [0, 0.05) is 6.42 Å². The average Bonchev–Trinajstić information content (AvgIpc) is 2.11. The van der Waals surface area contributed by atoms with Crippen LogP contribution in [0.3, 0.4) is 0 Å². The summed E-state index contributed by atoms with van der Waals surface area (Å²) in [6.07, 6.45) is 0.942. The van der Waals surface area contributed by atoms with Crippen molar-refractivity contribution in [3.05, 3.63) is 0 Å². The number of aliphatic hydroxyl groups is 2. The molecule has 0 bridgehead atoms. The van der Waals surface area contributed by atoms with Gasteiger partial charge in [-0.2, -0.15) is 0 Å². The quantitative estimate of drug-likeness (QED) is 0.615. The summed E-state index contributed by atoms with van der Waals surface area (Å²) < 4.78 is 5.06. The van der Waals surface area contributed by atoms with E-state index in [1.54, 1.807) is 0 Å². The van der Waals surface area contributed by atoms with Crippen LogP contribution >= 0.6 is 0 Å². The van der Waals surface area contributed by atoms with Crippen LogP contribution in [-0.2, 0) is 9.53 Å². The van der Waals surface area contributed by atoms with Crippen molar-refractivity contribution in [1.82, 2.24) is 0 Å². The van der Waals surface area contributed by atoms with E-state index in [9.17, 15) is 4.79 Å². The number of cyclic esters (lactones) is 1. The van der Waals surface area contributed by atoms with Crippen LogP contribution < -0.4 is 0 Å². The second kappa shape index (κ2) is 4.58. The Hall–Kier alpha value is -0.610. The number of aliphatic hydroxyl groups excluding tert-OH is 2. The Balaban J connectivity index is 2.33. The SMILES string of the molecule is CC1CCC(CC(O)CO)OC1=O. The zero-order chi connectivity index (χ0) is 9.84. The first-order valence-electron chi connectivity index (χ1n) is 4.63. The topological polar surface area (TPSA) is 66.8 Å². The minimum Gasteiger partial charge on any atom is -0.462 e. The molecule has 1 rings (SSSR count). The highest BCUT2D eigenvalue weighted by Gasteiger charge is 2.27. The third-order valence-electron chi connectivity index (χ3n) is 2.35. The normalized spacial score (nSPS) is 31.2. The van der Waals surface area contributed by atoms with E-state index in [0.29, 0.717) is 6.42 Å². The molecule has 0 amide bonds. The maximum Gasteiger partial charge on any atom is 0.308 e. The molecule has 3 unspecified atom stereocenters. The third-order valence-corrected chi connectivity index (χ3v) is 2.35.